The minimum absolute atomic E-state index is 0.278. The van der Waals surface area contributed by atoms with Gasteiger partial charge in [0.2, 0.25) is 0 Å². The molecule has 2 rings (SSSR count). The topological polar surface area (TPSA) is 26.3 Å². The van der Waals surface area contributed by atoms with Gasteiger partial charge in [0.25, 0.3) is 0 Å². The molecule has 1 aliphatic heterocycles. The second-order valence-corrected chi connectivity index (χ2v) is 7.01. The summed E-state index contributed by atoms with van der Waals surface area (Å²) in [4.78, 5) is 11.4. The van der Waals surface area contributed by atoms with E-state index in [1.54, 1.807) is 0 Å². The molecule has 0 aromatic heterocycles. The van der Waals surface area contributed by atoms with Crippen molar-refractivity contribution in [2.24, 2.45) is 5.92 Å². The molecule has 2 fully saturated rings. The van der Waals surface area contributed by atoms with Crippen LogP contribution in [0.1, 0.15) is 90.4 Å². The summed E-state index contributed by atoms with van der Waals surface area (Å²) in [5, 5.41) is 0. The molecule has 0 amide bonds. The van der Waals surface area contributed by atoms with Crippen LogP contribution in [0.3, 0.4) is 0 Å². The first-order valence-corrected chi connectivity index (χ1v) is 8.90. The van der Waals surface area contributed by atoms with Gasteiger partial charge in [0.1, 0.15) is 5.78 Å². The van der Waals surface area contributed by atoms with Crippen LogP contribution in [-0.2, 0) is 9.53 Å². The number of unbranched alkanes of at least 4 members (excludes halogenated alkanes) is 2. The highest BCUT2D eigenvalue weighted by molar-refractivity contribution is 5.78. The Morgan fingerprint density at radius 2 is 1.90 bits per heavy atom. The zero-order valence-electron chi connectivity index (χ0n) is 13.3. The maximum atomic E-state index is 11.4. The van der Waals surface area contributed by atoms with E-state index in [-0.39, 0.29) is 5.60 Å². The quantitative estimate of drug-likeness (QED) is 0.582. The van der Waals surface area contributed by atoms with Gasteiger partial charge < -0.3 is 4.74 Å². The highest BCUT2D eigenvalue weighted by Crippen LogP contribution is 2.42. The summed E-state index contributed by atoms with van der Waals surface area (Å²) < 4.78 is 6.17. The van der Waals surface area contributed by atoms with Crippen LogP contribution in [0.2, 0.25) is 0 Å². The van der Waals surface area contributed by atoms with Crippen molar-refractivity contribution in [3.63, 3.8) is 0 Å². The molecular weight excluding hydrogens is 248 g/mol. The average molecular weight is 280 g/mol. The maximum Gasteiger partial charge on any atom is 0.132 e. The van der Waals surface area contributed by atoms with Crippen LogP contribution in [0, 0.1) is 5.92 Å². The van der Waals surface area contributed by atoms with E-state index in [0.717, 1.165) is 38.2 Å². The standard InChI is InChI=1S/C18H32O2/c1-2-9-17(19)11-6-3-5-10-16-14-18(20-15-16)12-7-4-8-13-18/h16H,2-15H2,1H3. The van der Waals surface area contributed by atoms with E-state index >= 15 is 0 Å². The van der Waals surface area contributed by atoms with E-state index in [4.69, 9.17) is 4.74 Å². The lowest BCUT2D eigenvalue weighted by molar-refractivity contribution is -0.119. The first kappa shape index (κ1) is 16.0. The summed E-state index contributed by atoms with van der Waals surface area (Å²) in [6, 6.07) is 0. The molecule has 116 valence electrons. The SMILES string of the molecule is CCCC(=O)CCCCCC1COC2(CCCCC2)C1. The molecule has 2 heteroatoms. The van der Waals surface area contributed by atoms with E-state index < -0.39 is 0 Å². The van der Waals surface area contributed by atoms with E-state index in [1.807, 2.05) is 0 Å². The molecule has 0 aromatic carbocycles. The Bertz CT molecular complexity index is 292. The number of carbonyl (C=O) groups excluding carboxylic acids is 1. The van der Waals surface area contributed by atoms with Crippen LogP contribution in [0.5, 0.6) is 0 Å². The highest BCUT2D eigenvalue weighted by atomic mass is 16.5. The molecule has 0 aromatic rings. The van der Waals surface area contributed by atoms with Crippen LogP contribution >= 0.6 is 0 Å². The number of carbonyl (C=O) groups is 1. The molecular formula is C18H32O2. The van der Waals surface area contributed by atoms with Crippen molar-refractivity contribution in [2.75, 3.05) is 6.61 Å². The van der Waals surface area contributed by atoms with Crippen molar-refractivity contribution in [1.29, 1.82) is 0 Å². The Hall–Kier alpha value is -0.370. The number of Topliss-reactive ketones (excluding diaryl/α,β-unsaturated/α-hetero) is 1. The molecule has 1 spiro atoms. The summed E-state index contributed by atoms with van der Waals surface area (Å²) in [5.74, 6) is 1.25. The smallest absolute Gasteiger partial charge is 0.132 e. The van der Waals surface area contributed by atoms with Gasteiger partial charge in [-0.2, -0.15) is 0 Å². The molecule has 2 aliphatic rings. The summed E-state index contributed by atoms with van der Waals surface area (Å²) in [7, 11) is 0. The van der Waals surface area contributed by atoms with Crippen LogP contribution in [0.15, 0.2) is 0 Å². The fourth-order valence-corrected chi connectivity index (χ4v) is 4.00. The zero-order chi connectivity index (χ0) is 14.3. The Balaban J connectivity index is 1.53. The second kappa shape index (κ2) is 8.17. The van der Waals surface area contributed by atoms with Crippen molar-refractivity contribution < 1.29 is 9.53 Å². The summed E-state index contributed by atoms with van der Waals surface area (Å²) in [5.41, 5.74) is 0.278. The lowest BCUT2D eigenvalue weighted by Gasteiger charge is -2.32. The van der Waals surface area contributed by atoms with Crippen molar-refractivity contribution >= 4 is 5.78 Å². The van der Waals surface area contributed by atoms with E-state index in [1.165, 1.54) is 57.8 Å². The minimum atomic E-state index is 0.278. The molecule has 1 aliphatic carbocycles. The molecule has 1 saturated carbocycles. The summed E-state index contributed by atoms with van der Waals surface area (Å²) in [6.07, 6.45) is 15.5. The molecule has 1 heterocycles. The van der Waals surface area contributed by atoms with Crippen LogP contribution in [0.25, 0.3) is 0 Å². The van der Waals surface area contributed by atoms with Crippen LogP contribution in [0.4, 0.5) is 0 Å². The first-order valence-electron chi connectivity index (χ1n) is 8.90. The van der Waals surface area contributed by atoms with E-state index in [0.29, 0.717) is 5.78 Å². The predicted octanol–water partition coefficient (Wildman–Crippen LogP) is 5.05. The van der Waals surface area contributed by atoms with Gasteiger partial charge in [0.15, 0.2) is 0 Å². The van der Waals surface area contributed by atoms with Crippen molar-refractivity contribution in [3.05, 3.63) is 0 Å². The fourth-order valence-electron chi connectivity index (χ4n) is 4.00. The Morgan fingerprint density at radius 1 is 1.10 bits per heavy atom. The predicted molar refractivity (Wildman–Crippen MR) is 82.9 cm³/mol. The lowest BCUT2D eigenvalue weighted by Crippen LogP contribution is -2.30. The van der Waals surface area contributed by atoms with Gasteiger partial charge in [-0.15, -0.1) is 0 Å². The van der Waals surface area contributed by atoms with Gasteiger partial charge >= 0.3 is 0 Å². The molecule has 0 bridgehead atoms. The highest BCUT2D eigenvalue weighted by Gasteiger charge is 2.40. The second-order valence-electron chi connectivity index (χ2n) is 7.01. The summed E-state index contributed by atoms with van der Waals surface area (Å²) >= 11 is 0. The first-order chi connectivity index (χ1) is 9.74. The fraction of sp³-hybridized carbons (Fsp3) is 0.944. The molecule has 1 saturated heterocycles. The number of ketones is 1. The molecule has 20 heavy (non-hydrogen) atoms. The van der Waals surface area contributed by atoms with Gasteiger partial charge in [0, 0.05) is 12.8 Å². The van der Waals surface area contributed by atoms with E-state index in [2.05, 4.69) is 6.92 Å². The third-order valence-corrected chi connectivity index (χ3v) is 5.15. The van der Waals surface area contributed by atoms with Gasteiger partial charge in [0.05, 0.1) is 12.2 Å². The zero-order valence-corrected chi connectivity index (χ0v) is 13.3. The maximum absolute atomic E-state index is 11.4. The van der Waals surface area contributed by atoms with Gasteiger partial charge in [-0.3, -0.25) is 4.79 Å². The average Bonchev–Trinajstić information content (AvgIpc) is 2.82. The van der Waals surface area contributed by atoms with Crippen molar-refractivity contribution in [1.82, 2.24) is 0 Å². The van der Waals surface area contributed by atoms with Gasteiger partial charge in [-0.1, -0.05) is 39.0 Å². The van der Waals surface area contributed by atoms with Gasteiger partial charge in [-0.25, -0.2) is 0 Å². The number of ether oxygens (including phenoxy) is 1. The Kier molecular flexibility index (Phi) is 6.54. The Labute approximate surface area is 124 Å². The Morgan fingerprint density at radius 3 is 2.65 bits per heavy atom. The molecule has 2 nitrogen and oxygen atoms in total. The monoisotopic (exact) mass is 280 g/mol. The number of rotatable bonds is 8. The summed E-state index contributed by atoms with van der Waals surface area (Å²) in [6.45, 7) is 3.08. The van der Waals surface area contributed by atoms with Crippen LogP contribution < -0.4 is 0 Å². The molecule has 1 unspecified atom stereocenters. The molecule has 1 atom stereocenters. The third-order valence-electron chi connectivity index (χ3n) is 5.15. The van der Waals surface area contributed by atoms with Crippen molar-refractivity contribution in [3.8, 4) is 0 Å². The lowest BCUT2D eigenvalue weighted by atomic mass is 9.80. The van der Waals surface area contributed by atoms with E-state index in [9.17, 15) is 4.79 Å². The third kappa shape index (κ3) is 4.87. The molecule has 0 N–H and O–H groups in total. The minimum Gasteiger partial charge on any atom is -0.375 e. The van der Waals surface area contributed by atoms with Crippen LogP contribution in [-0.4, -0.2) is 18.0 Å². The number of hydrogen-bond acceptors (Lipinski definition) is 2. The number of hydrogen-bond donors (Lipinski definition) is 0. The van der Waals surface area contributed by atoms with Crippen molar-refractivity contribution in [2.45, 2.75) is 96.0 Å². The largest absolute Gasteiger partial charge is 0.375 e. The van der Waals surface area contributed by atoms with Gasteiger partial charge in [-0.05, 0) is 44.4 Å². The molecule has 0 radical (unpaired) electrons. The normalized spacial score (nSPS) is 25.1.